The summed E-state index contributed by atoms with van der Waals surface area (Å²) in [5.41, 5.74) is 1.69. The van der Waals surface area contributed by atoms with Crippen LogP contribution < -0.4 is 0 Å². The molecule has 1 aromatic heterocycles. The van der Waals surface area contributed by atoms with Crippen LogP contribution in [-0.2, 0) is 6.42 Å². The van der Waals surface area contributed by atoms with E-state index in [0.717, 1.165) is 12.0 Å². The Morgan fingerprint density at radius 1 is 1.64 bits per heavy atom. The van der Waals surface area contributed by atoms with Gasteiger partial charge in [0, 0.05) is 6.20 Å². The van der Waals surface area contributed by atoms with E-state index in [2.05, 4.69) is 20.9 Å². The Morgan fingerprint density at radius 3 is 3.18 bits per heavy atom. The van der Waals surface area contributed by atoms with E-state index in [4.69, 9.17) is 0 Å². The number of carbonyl (C=O) groups excluding carboxylic acids is 1. The molecule has 0 bridgehead atoms. The summed E-state index contributed by atoms with van der Waals surface area (Å²) in [6.07, 6.45) is 2.43. The fourth-order valence-electron chi connectivity index (χ4n) is 1.26. The second-order valence-electron chi connectivity index (χ2n) is 2.55. The molecule has 0 amide bonds. The fourth-order valence-corrected chi connectivity index (χ4v) is 1.82. The molecule has 1 atom stereocenters. The van der Waals surface area contributed by atoms with Gasteiger partial charge in [0.15, 0.2) is 5.78 Å². The number of carbonyl (C=O) groups is 1. The lowest BCUT2D eigenvalue weighted by Gasteiger charge is -1.91. The number of Topliss-reactive ketones (excluding diaryl/α,β-unsaturated/α-hetero) is 1. The molecule has 0 aliphatic heterocycles. The molecule has 1 heterocycles. The van der Waals surface area contributed by atoms with Gasteiger partial charge >= 0.3 is 0 Å². The lowest BCUT2D eigenvalue weighted by molar-refractivity contribution is 0.0998. The van der Waals surface area contributed by atoms with E-state index >= 15 is 0 Å². The highest BCUT2D eigenvalue weighted by Gasteiger charge is 2.28. The molecule has 1 aliphatic carbocycles. The van der Waals surface area contributed by atoms with Gasteiger partial charge in [0.05, 0.1) is 4.83 Å². The first-order valence-corrected chi connectivity index (χ1v) is 4.33. The van der Waals surface area contributed by atoms with E-state index in [0.29, 0.717) is 5.69 Å². The molecule has 1 aliphatic rings. The van der Waals surface area contributed by atoms with Crippen molar-refractivity contribution in [1.29, 1.82) is 0 Å². The molecule has 0 N–H and O–H groups in total. The number of alkyl halides is 1. The maximum atomic E-state index is 11.3. The van der Waals surface area contributed by atoms with Crippen molar-refractivity contribution in [2.45, 2.75) is 11.2 Å². The first kappa shape index (κ1) is 6.98. The molecule has 56 valence electrons. The smallest absolute Gasteiger partial charge is 0.195 e. The lowest BCUT2D eigenvalue weighted by Crippen LogP contribution is -2.07. The normalized spacial score (nSPS) is 21.9. The van der Waals surface area contributed by atoms with Gasteiger partial charge in [-0.2, -0.15) is 0 Å². The standard InChI is InChI=1S/C8H6BrNO/c9-6-4-5-2-1-3-10-7(5)8(6)11/h1-3,6H,4H2/t6-/m0/s1. The van der Waals surface area contributed by atoms with Gasteiger partial charge in [-0.05, 0) is 18.1 Å². The number of halogens is 1. The minimum atomic E-state index is -0.0487. The van der Waals surface area contributed by atoms with Gasteiger partial charge in [-0.1, -0.05) is 22.0 Å². The number of nitrogens with zero attached hydrogens (tertiary/aromatic N) is 1. The Hall–Kier alpha value is -0.700. The molecule has 0 unspecified atom stereocenters. The van der Waals surface area contributed by atoms with Crippen LogP contribution in [0.4, 0.5) is 0 Å². The molecule has 0 spiro atoms. The minimum Gasteiger partial charge on any atom is -0.291 e. The van der Waals surface area contributed by atoms with Crippen molar-refractivity contribution < 1.29 is 4.79 Å². The SMILES string of the molecule is O=C1c2ncccc2C[C@@H]1Br. The molecule has 0 saturated heterocycles. The molecular weight excluding hydrogens is 206 g/mol. The summed E-state index contributed by atoms with van der Waals surface area (Å²) in [5.74, 6) is 0.112. The predicted molar refractivity (Wildman–Crippen MR) is 45.0 cm³/mol. The highest BCUT2D eigenvalue weighted by molar-refractivity contribution is 9.10. The topological polar surface area (TPSA) is 30.0 Å². The van der Waals surface area contributed by atoms with E-state index in [1.165, 1.54) is 0 Å². The summed E-state index contributed by atoms with van der Waals surface area (Å²) in [7, 11) is 0. The molecule has 11 heavy (non-hydrogen) atoms. The Kier molecular flexibility index (Phi) is 1.53. The first-order chi connectivity index (χ1) is 5.29. The van der Waals surface area contributed by atoms with Crippen LogP contribution in [0.2, 0.25) is 0 Å². The van der Waals surface area contributed by atoms with E-state index in [1.807, 2.05) is 12.1 Å². The number of hydrogen-bond donors (Lipinski definition) is 0. The molecule has 1 aromatic rings. The zero-order valence-corrected chi connectivity index (χ0v) is 7.34. The average Bonchev–Trinajstić information content (AvgIpc) is 2.30. The maximum Gasteiger partial charge on any atom is 0.195 e. The third-order valence-corrected chi connectivity index (χ3v) is 2.55. The second kappa shape index (κ2) is 2.41. The summed E-state index contributed by atoms with van der Waals surface area (Å²) in [6.45, 7) is 0. The predicted octanol–water partition coefficient (Wildman–Crippen LogP) is 1.58. The minimum absolute atomic E-state index is 0.0487. The quantitative estimate of drug-likeness (QED) is 0.611. The Bertz CT molecular complexity index is 311. The van der Waals surface area contributed by atoms with Gasteiger partial charge in [-0.25, -0.2) is 0 Å². The van der Waals surface area contributed by atoms with Gasteiger partial charge in [0.25, 0.3) is 0 Å². The van der Waals surface area contributed by atoms with E-state index in [1.54, 1.807) is 6.20 Å². The second-order valence-corrected chi connectivity index (χ2v) is 3.65. The van der Waals surface area contributed by atoms with E-state index in [-0.39, 0.29) is 10.6 Å². The highest BCUT2D eigenvalue weighted by atomic mass is 79.9. The number of pyridine rings is 1. The third-order valence-electron chi connectivity index (χ3n) is 1.81. The number of rotatable bonds is 0. The van der Waals surface area contributed by atoms with Crippen LogP contribution in [0.5, 0.6) is 0 Å². The molecular formula is C8H6BrNO. The summed E-state index contributed by atoms with van der Waals surface area (Å²) in [5, 5.41) is 0. The van der Waals surface area contributed by atoms with Crippen LogP contribution in [0.25, 0.3) is 0 Å². The highest BCUT2D eigenvalue weighted by Crippen LogP contribution is 2.24. The average molecular weight is 212 g/mol. The first-order valence-electron chi connectivity index (χ1n) is 3.41. The van der Waals surface area contributed by atoms with Crippen molar-refractivity contribution in [3.8, 4) is 0 Å². The Labute approximate surface area is 72.8 Å². The summed E-state index contributed by atoms with van der Waals surface area (Å²) in [6, 6.07) is 3.80. The van der Waals surface area contributed by atoms with E-state index in [9.17, 15) is 4.79 Å². The van der Waals surface area contributed by atoms with Crippen molar-refractivity contribution in [1.82, 2.24) is 4.98 Å². The van der Waals surface area contributed by atoms with Crippen LogP contribution in [0.15, 0.2) is 18.3 Å². The molecule has 3 heteroatoms. The molecule has 0 saturated carbocycles. The van der Waals surface area contributed by atoms with Crippen LogP contribution in [0, 0.1) is 0 Å². The van der Waals surface area contributed by atoms with Crippen molar-refractivity contribution in [3.05, 3.63) is 29.6 Å². The third kappa shape index (κ3) is 0.997. The van der Waals surface area contributed by atoms with Gasteiger partial charge in [-0.15, -0.1) is 0 Å². The number of ketones is 1. The maximum absolute atomic E-state index is 11.3. The van der Waals surface area contributed by atoms with Gasteiger partial charge in [0.1, 0.15) is 5.69 Å². The summed E-state index contributed by atoms with van der Waals surface area (Å²) >= 11 is 3.29. The molecule has 0 fully saturated rings. The summed E-state index contributed by atoms with van der Waals surface area (Å²) < 4.78 is 0. The molecule has 2 rings (SSSR count). The largest absolute Gasteiger partial charge is 0.291 e. The molecule has 0 aromatic carbocycles. The zero-order chi connectivity index (χ0) is 7.84. The van der Waals surface area contributed by atoms with Crippen molar-refractivity contribution >= 4 is 21.7 Å². The molecule has 2 nitrogen and oxygen atoms in total. The molecule has 0 radical (unpaired) electrons. The lowest BCUT2D eigenvalue weighted by atomic mass is 10.2. The van der Waals surface area contributed by atoms with Crippen molar-refractivity contribution in [2.24, 2.45) is 0 Å². The fraction of sp³-hybridized carbons (Fsp3) is 0.250. The van der Waals surface area contributed by atoms with Crippen LogP contribution in [0.3, 0.4) is 0 Å². The summed E-state index contributed by atoms with van der Waals surface area (Å²) in [4.78, 5) is 15.2. The van der Waals surface area contributed by atoms with Gasteiger partial charge in [-0.3, -0.25) is 9.78 Å². The van der Waals surface area contributed by atoms with Crippen molar-refractivity contribution in [2.75, 3.05) is 0 Å². The zero-order valence-electron chi connectivity index (χ0n) is 5.75. The van der Waals surface area contributed by atoms with Crippen LogP contribution in [-0.4, -0.2) is 15.6 Å². The number of hydrogen-bond acceptors (Lipinski definition) is 2. The van der Waals surface area contributed by atoms with Crippen molar-refractivity contribution in [3.63, 3.8) is 0 Å². The van der Waals surface area contributed by atoms with Crippen LogP contribution >= 0.6 is 15.9 Å². The van der Waals surface area contributed by atoms with Gasteiger partial charge < -0.3 is 0 Å². The number of fused-ring (bicyclic) bond motifs is 1. The van der Waals surface area contributed by atoms with Crippen LogP contribution in [0.1, 0.15) is 16.1 Å². The van der Waals surface area contributed by atoms with Gasteiger partial charge in [0.2, 0.25) is 0 Å². The number of aromatic nitrogens is 1. The van der Waals surface area contributed by atoms with E-state index < -0.39 is 0 Å². The Morgan fingerprint density at radius 2 is 2.45 bits per heavy atom. The monoisotopic (exact) mass is 211 g/mol. The Balaban J connectivity index is 2.55.